The van der Waals surface area contributed by atoms with E-state index >= 15 is 0 Å². The fourth-order valence-electron chi connectivity index (χ4n) is 3.95. The third kappa shape index (κ3) is 9.13. The summed E-state index contributed by atoms with van der Waals surface area (Å²) in [7, 11) is 0. The minimum atomic E-state index is -0.939. The summed E-state index contributed by atoms with van der Waals surface area (Å²) in [5.74, 6) is -0.694. The Kier molecular flexibility index (Phi) is 10.1. The van der Waals surface area contributed by atoms with E-state index in [0.29, 0.717) is 13.0 Å². The summed E-state index contributed by atoms with van der Waals surface area (Å²) in [6.45, 7) is 0.587. The van der Waals surface area contributed by atoms with Crippen molar-refractivity contribution in [2.45, 2.75) is 38.5 Å². The molecule has 0 saturated carbocycles. The van der Waals surface area contributed by atoms with Gasteiger partial charge in [-0.1, -0.05) is 79.2 Å². The van der Waals surface area contributed by atoms with Crippen molar-refractivity contribution in [1.29, 1.82) is 0 Å². The topological polar surface area (TPSA) is 83.8 Å². The molecule has 0 spiro atoms. The lowest BCUT2D eigenvalue weighted by Crippen LogP contribution is -2.04. The third-order valence-electron chi connectivity index (χ3n) is 5.87. The standard InChI is InChI=1S/C30H32O5/c31-29(32)13-7-4-10-24(22-25-15-18-27(19-16-25)30(33)34)14-17-26-11-5-6-12-28(26)35-21-20-23-8-2-1-3-9-23/h1-3,5-6,8-9,11-12,14-19,24H,4,7,10,13,20-22H2,(H,31,32)(H,33,34). The van der Waals surface area contributed by atoms with Gasteiger partial charge in [0.15, 0.2) is 0 Å². The number of rotatable bonds is 14. The number of hydrogen-bond donors (Lipinski definition) is 2. The van der Waals surface area contributed by atoms with Gasteiger partial charge < -0.3 is 14.9 Å². The van der Waals surface area contributed by atoms with E-state index in [1.54, 1.807) is 12.1 Å². The molecule has 1 atom stereocenters. The van der Waals surface area contributed by atoms with Crippen LogP contribution in [-0.4, -0.2) is 28.8 Å². The predicted octanol–water partition coefficient (Wildman–Crippen LogP) is 6.52. The van der Waals surface area contributed by atoms with Gasteiger partial charge in [0.1, 0.15) is 5.75 Å². The summed E-state index contributed by atoms with van der Waals surface area (Å²) in [6, 6.07) is 25.1. The molecule has 0 aliphatic carbocycles. The maximum Gasteiger partial charge on any atom is 0.335 e. The Labute approximate surface area is 206 Å². The Bertz CT molecular complexity index is 1100. The molecule has 0 amide bonds. The Balaban J connectivity index is 1.66. The van der Waals surface area contributed by atoms with Crippen LogP contribution in [0.2, 0.25) is 0 Å². The first-order chi connectivity index (χ1) is 17.0. The highest BCUT2D eigenvalue weighted by Gasteiger charge is 2.10. The van der Waals surface area contributed by atoms with Gasteiger partial charge >= 0.3 is 11.9 Å². The first-order valence-corrected chi connectivity index (χ1v) is 12.0. The monoisotopic (exact) mass is 472 g/mol. The highest BCUT2D eigenvalue weighted by atomic mass is 16.5. The molecule has 0 fully saturated rings. The molecule has 0 heterocycles. The van der Waals surface area contributed by atoms with Crippen LogP contribution >= 0.6 is 0 Å². The molecule has 5 heteroatoms. The largest absolute Gasteiger partial charge is 0.493 e. The second-order valence-electron chi connectivity index (χ2n) is 8.59. The smallest absolute Gasteiger partial charge is 0.335 e. The van der Waals surface area contributed by atoms with Gasteiger partial charge in [-0.2, -0.15) is 0 Å². The van der Waals surface area contributed by atoms with E-state index in [4.69, 9.17) is 14.9 Å². The molecule has 3 aromatic rings. The number of benzene rings is 3. The molecule has 3 aromatic carbocycles. The van der Waals surface area contributed by atoms with E-state index in [0.717, 1.165) is 42.6 Å². The fourth-order valence-corrected chi connectivity index (χ4v) is 3.95. The van der Waals surface area contributed by atoms with Crippen LogP contribution in [0.25, 0.3) is 6.08 Å². The van der Waals surface area contributed by atoms with Gasteiger partial charge in [-0.05, 0) is 54.5 Å². The minimum Gasteiger partial charge on any atom is -0.493 e. The molecule has 0 aliphatic heterocycles. The predicted molar refractivity (Wildman–Crippen MR) is 138 cm³/mol. The number of hydrogen-bond acceptors (Lipinski definition) is 3. The summed E-state index contributed by atoms with van der Waals surface area (Å²) in [4.78, 5) is 22.0. The number of carboxylic acid groups (broad SMARTS) is 2. The van der Waals surface area contributed by atoms with E-state index in [2.05, 4.69) is 24.3 Å². The van der Waals surface area contributed by atoms with E-state index in [-0.39, 0.29) is 17.9 Å². The van der Waals surface area contributed by atoms with Crippen molar-refractivity contribution in [2.75, 3.05) is 6.61 Å². The van der Waals surface area contributed by atoms with Gasteiger partial charge in [0.2, 0.25) is 0 Å². The first kappa shape index (κ1) is 25.8. The lowest BCUT2D eigenvalue weighted by molar-refractivity contribution is -0.137. The van der Waals surface area contributed by atoms with Crippen LogP contribution in [0.4, 0.5) is 0 Å². The summed E-state index contributed by atoms with van der Waals surface area (Å²) >= 11 is 0. The van der Waals surface area contributed by atoms with Gasteiger partial charge in [0, 0.05) is 18.4 Å². The van der Waals surface area contributed by atoms with Crippen molar-refractivity contribution in [2.24, 2.45) is 5.92 Å². The van der Waals surface area contributed by atoms with Crippen molar-refractivity contribution in [3.8, 4) is 5.75 Å². The molecule has 0 radical (unpaired) electrons. The van der Waals surface area contributed by atoms with Gasteiger partial charge in [-0.25, -0.2) is 4.79 Å². The van der Waals surface area contributed by atoms with Gasteiger partial charge in [0.05, 0.1) is 12.2 Å². The van der Waals surface area contributed by atoms with Crippen molar-refractivity contribution in [3.05, 3.63) is 107 Å². The average Bonchev–Trinajstić information content (AvgIpc) is 2.86. The zero-order chi connectivity index (χ0) is 24.9. The molecule has 1 unspecified atom stereocenters. The number of allylic oxidation sites excluding steroid dienone is 1. The maximum absolute atomic E-state index is 11.1. The lowest BCUT2D eigenvalue weighted by atomic mass is 9.92. The molecular weight excluding hydrogens is 440 g/mol. The Hall–Kier alpha value is -3.86. The molecule has 0 aromatic heterocycles. The van der Waals surface area contributed by atoms with Crippen LogP contribution in [0.3, 0.4) is 0 Å². The normalized spacial score (nSPS) is 11.9. The zero-order valence-electron chi connectivity index (χ0n) is 19.8. The first-order valence-electron chi connectivity index (χ1n) is 12.0. The molecular formula is C30H32O5. The molecule has 2 N–H and O–H groups in total. The quantitative estimate of drug-likeness (QED) is 0.261. The molecule has 0 bridgehead atoms. The van der Waals surface area contributed by atoms with Crippen LogP contribution in [0.1, 0.15) is 52.7 Å². The number of aliphatic carboxylic acids is 1. The number of carboxylic acids is 2. The van der Waals surface area contributed by atoms with Crippen LogP contribution < -0.4 is 4.74 Å². The molecule has 0 saturated heterocycles. The summed E-state index contributed by atoms with van der Waals surface area (Å²) in [6.07, 6.45) is 8.28. The molecule has 182 valence electrons. The molecule has 3 rings (SSSR count). The second kappa shape index (κ2) is 13.8. The van der Waals surface area contributed by atoms with Crippen molar-refractivity contribution < 1.29 is 24.5 Å². The van der Waals surface area contributed by atoms with Crippen molar-refractivity contribution in [1.82, 2.24) is 0 Å². The second-order valence-corrected chi connectivity index (χ2v) is 8.59. The minimum absolute atomic E-state index is 0.168. The fraction of sp³-hybridized carbons (Fsp3) is 0.267. The Morgan fingerprint density at radius 1 is 0.829 bits per heavy atom. The van der Waals surface area contributed by atoms with Gasteiger partial charge in [-0.3, -0.25) is 4.79 Å². The highest BCUT2D eigenvalue weighted by Crippen LogP contribution is 2.24. The Morgan fingerprint density at radius 2 is 1.54 bits per heavy atom. The number of para-hydroxylation sites is 1. The van der Waals surface area contributed by atoms with E-state index in [1.165, 1.54) is 5.56 Å². The zero-order valence-corrected chi connectivity index (χ0v) is 19.8. The van der Waals surface area contributed by atoms with Crippen molar-refractivity contribution in [3.63, 3.8) is 0 Å². The van der Waals surface area contributed by atoms with Gasteiger partial charge in [-0.15, -0.1) is 0 Å². The van der Waals surface area contributed by atoms with E-state index < -0.39 is 11.9 Å². The molecule has 0 aliphatic rings. The molecule has 5 nitrogen and oxygen atoms in total. The van der Waals surface area contributed by atoms with Crippen LogP contribution in [0.5, 0.6) is 5.75 Å². The number of aromatic carboxylic acids is 1. The third-order valence-corrected chi connectivity index (χ3v) is 5.87. The summed E-state index contributed by atoms with van der Waals surface area (Å²) < 4.78 is 6.08. The van der Waals surface area contributed by atoms with E-state index in [9.17, 15) is 9.59 Å². The lowest BCUT2D eigenvalue weighted by Gasteiger charge is -2.14. The summed E-state index contributed by atoms with van der Waals surface area (Å²) in [5, 5.41) is 18.1. The maximum atomic E-state index is 11.1. The molecule has 35 heavy (non-hydrogen) atoms. The van der Waals surface area contributed by atoms with Crippen LogP contribution in [-0.2, 0) is 17.6 Å². The SMILES string of the molecule is O=C(O)CCCCC(C=Cc1ccccc1OCCc1ccccc1)Cc1ccc(C(=O)O)cc1. The van der Waals surface area contributed by atoms with Crippen LogP contribution in [0.15, 0.2) is 84.9 Å². The number of carbonyl (C=O) groups is 2. The number of unbranched alkanes of at least 4 members (excludes halogenated alkanes) is 1. The van der Waals surface area contributed by atoms with Crippen LogP contribution in [0, 0.1) is 5.92 Å². The average molecular weight is 473 g/mol. The number of ether oxygens (including phenoxy) is 1. The Morgan fingerprint density at radius 3 is 2.26 bits per heavy atom. The van der Waals surface area contributed by atoms with Gasteiger partial charge in [0.25, 0.3) is 0 Å². The highest BCUT2D eigenvalue weighted by molar-refractivity contribution is 5.87. The van der Waals surface area contributed by atoms with Crippen molar-refractivity contribution >= 4 is 18.0 Å². The van der Waals surface area contributed by atoms with E-state index in [1.807, 2.05) is 54.6 Å². The summed E-state index contributed by atoms with van der Waals surface area (Å²) in [5.41, 5.74) is 3.55.